The van der Waals surface area contributed by atoms with Gasteiger partial charge in [-0.25, -0.2) is 0 Å². The molecule has 0 aliphatic heterocycles. The number of hydrogen-bond acceptors (Lipinski definition) is 0. The monoisotopic (exact) mass is 336 g/mol. The standard InChI is InChI=1S/C7H7.2BrH.Cu.Mg/c1-7-5-3-2-4-6-7;;;;/h3-6H,1H3;2*1H;;/q-1;;;+1;+2/p-2. The SMILES string of the molecule is Cc1cc[c-]cc1.[Br-].[Br-].[Cu+].[Mg+2]. The van der Waals surface area contributed by atoms with Gasteiger partial charge in [0.2, 0.25) is 0 Å². The van der Waals surface area contributed by atoms with Gasteiger partial charge in [-0.15, -0.1) is 0 Å². The Morgan fingerprint density at radius 3 is 1.64 bits per heavy atom. The zero-order valence-electron chi connectivity index (χ0n) is 6.07. The summed E-state index contributed by atoms with van der Waals surface area (Å²) in [6.45, 7) is 2.06. The van der Waals surface area contributed by atoms with E-state index < -0.39 is 0 Å². The summed E-state index contributed by atoms with van der Waals surface area (Å²) in [7, 11) is 0. The van der Waals surface area contributed by atoms with Crippen LogP contribution in [-0.4, -0.2) is 23.1 Å². The van der Waals surface area contributed by atoms with Crippen molar-refractivity contribution in [2.24, 2.45) is 0 Å². The van der Waals surface area contributed by atoms with Gasteiger partial charge in [-0.3, -0.25) is 0 Å². The van der Waals surface area contributed by atoms with Crippen LogP contribution < -0.4 is 34.0 Å². The predicted octanol–water partition coefficient (Wildman–Crippen LogP) is -4.58. The molecular weight excluding hydrogens is 332 g/mol. The van der Waals surface area contributed by atoms with E-state index in [-0.39, 0.29) is 74.1 Å². The van der Waals surface area contributed by atoms with Crippen molar-refractivity contribution in [3.05, 3.63) is 35.9 Å². The maximum atomic E-state index is 2.93. The molecule has 4 heteroatoms. The van der Waals surface area contributed by atoms with Crippen LogP contribution in [0.5, 0.6) is 0 Å². The second-order valence-corrected chi connectivity index (χ2v) is 1.58. The topological polar surface area (TPSA) is 0 Å². The predicted molar refractivity (Wildman–Crippen MR) is 35.8 cm³/mol. The molecule has 1 aromatic rings. The maximum Gasteiger partial charge on any atom is 2.00 e. The van der Waals surface area contributed by atoms with Gasteiger partial charge in [-0.1, -0.05) is 6.92 Å². The molecule has 62 valence electrons. The number of rotatable bonds is 0. The minimum Gasteiger partial charge on any atom is -1.00 e. The Balaban J connectivity index is -0.0000000612. The average Bonchev–Trinajstić information content (AvgIpc) is 1.69. The first-order chi connectivity index (χ1) is 3.39. The van der Waals surface area contributed by atoms with Gasteiger partial charge >= 0.3 is 40.1 Å². The fraction of sp³-hybridized carbons (Fsp3) is 0.143. The zero-order chi connectivity index (χ0) is 5.11. The minimum atomic E-state index is 0. The Labute approximate surface area is 116 Å². The van der Waals surface area contributed by atoms with Crippen LogP contribution in [-0.2, 0) is 17.1 Å². The van der Waals surface area contributed by atoms with Crippen LogP contribution in [0.1, 0.15) is 5.56 Å². The van der Waals surface area contributed by atoms with E-state index in [0.717, 1.165) is 0 Å². The Bertz CT molecular complexity index is 146. The van der Waals surface area contributed by atoms with Gasteiger partial charge in [0.05, 0.1) is 0 Å². The van der Waals surface area contributed by atoms with Crippen molar-refractivity contribution in [3.63, 3.8) is 0 Å². The summed E-state index contributed by atoms with van der Waals surface area (Å²) in [4.78, 5) is 0. The molecular formula is C7H7Br2CuMg. The molecule has 1 rings (SSSR count). The van der Waals surface area contributed by atoms with Crippen LogP contribution in [0.25, 0.3) is 0 Å². The number of benzene rings is 1. The Kier molecular flexibility index (Phi) is 29.1. The van der Waals surface area contributed by atoms with E-state index in [2.05, 4.69) is 13.0 Å². The molecule has 0 aliphatic carbocycles. The molecule has 0 saturated carbocycles. The third-order valence-electron chi connectivity index (χ3n) is 0.885. The van der Waals surface area contributed by atoms with Crippen LogP contribution in [0.4, 0.5) is 0 Å². The van der Waals surface area contributed by atoms with E-state index >= 15 is 0 Å². The molecule has 0 bridgehead atoms. The van der Waals surface area contributed by atoms with Crippen molar-refractivity contribution in [1.82, 2.24) is 0 Å². The molecule has 0 heterocycles. The molecule has 0 N–H and O–H groups in total. The summed E-state index contributed by atoms with van der Waals surface area (Å²) >= 11 is 0. The van der Waals surface area contributed by atoms with Crippen LogP contribution >= 0.6 is 0 Å². The minimum absolute atomic E-state index is 0. The number of hydrogen-bond donors (Lipinski definition) is 0. The van der Waals surface area contributed by atoms with Crippen LogP contribution in [0.3, 0.4) is 0 Å². The Morgan fingerprint density at radius 2 is 1.45 bits per heavy atom. The van der Waals surface area contributed by atoms with Crippen molar-refractivity contribution in [3.8, 4) is 0 Å². The van der Waals surface area contributed by atoms with E-state index in [1.807, 2.05) is 24.3 Å². The molecule has 0 fully saturated rings. The number of aryl methyl sites for hydroxylation is 1. The molecule has 0 atom stereocenters. The van der Waals surface area contributed by atoms with E-state index in [1.54, 1.807) is 0 Å². The van der Waals surface area contributed by atoms with Crippen molar-refractivity contribution < 1.29 is 51.0 Å². The zero-order valence-corrected chi connectivity index (χ0v) is 11.6. The maximum absolute atomic E-state index is 2.93. The first-order valence-electron chi connectivity index (χ1n) is 2.32. The Hall–Kier alpha value is 1.47. The quantitative estimate of drug-likeness (QED) is 0.330. The van der Waals surface area contributed by atoms with E-state index in [1.165, 1.54) is 5.56 Å². The third-order valence-corrected chi connectivity index (χ3v) is 0.885. The fourth-order valence-electron chi connectivity index (χ4n) is 0.470. The molecule has 1 aromatic carbocycles. The van der Waals surface area contributed by atoms with Crippen molar-refractivity contribution in [2.75, 3.05) is 0 Å². The largest absolute Gasteiger partial charge is 2.00 e. The third kappa shape index (κ3) is 11.5. The normalized spacial score (nSPS) is 5.55. The fourth-order valence-corrected chi connectivity index (χ4v) is 0.470. The first kappa shape index (κ1) is 22.9. The summed E-state index contributed by atoms with van der Waals surface area (Å²) < 4.78 is 0. The molecule has 0 nitrogen and oxygen atoms in total. The second kappa shape index (κ2) is 14.0. The molecule has 11 heavy (non-hydrogen) atoms. The van der Waals surface area contributed by atoms with Gasteiger partial charge in [0.25, 0.3) is 0 Å². The molecule has 0 aliphatic rings. The van der Waals surface area contributed by atoms with Gasteiger partial charge in [0.15, 0.2) is 0 Å². The van der Waals surface area contributed by atoms with Crippen LogP contribution in [0.15, 0.2) is 24.3 Å². The summed E-state index contributed by atoms with van der Waals surface area (Å²) in [5, 5.41) is 0. The smallest absolute Gasteiger partial charge is 1.00 e. The summed E-state index contributed by atoms with van der Waals surface area (Å²) in [6, 6.07) is 10.8. The van der Waals surface area contributed by atoms with E-state index in [9.17, 15) is 0 Å². The molecule has 0 radical (unpaired) electrons. The number of halogens is 2. The molecule has 0 unspecified atom stereocenters. The van der Waals surface area contributed by atoms with Gasteiger partial charge in [-0.05, 0) is 0 Å². The van der Waals surface area contributed by atoms with Crippen molar-refractivity contribution in [1.29, 1.82) is 0 Å². The molecule has 0 saturated heterocycles. The summed E-state index contributed by atoms with van der Waals surface area (Å²) in [6.07, 6.45) is 0. The van der Waals surface area contributed by atoms with E-state index in [0.29, 0.717) is 0 Å². The summed E-state index contributed by atoms with van der Waals surface area (Å²) in [5.74, 6) is 0. The van der Waals surface area contributed by atoms with Gasteiger partial charge in [0, 0.05) is 0 Å². The second-order valence-electron chi connectivity index (χ2n) is 1.58. The summed E-state index contributed by atoms with van der Waals surface area (Å²) in [5.41, 5.74) is 1.29. The van der Waals surface area contributed by atoms with Crippen molar-refractivity contribution >= 4 is 23.1 Å². The average molecular weight is 339 g/mol. The molecule has 0 aromatic heterocycles. The van der Waals surface area contributed by atoms with Gasteiger partial charge in [-0.2, -0.15) is 35.9 Å². The van der Waals surface area contributed by atoms with Gasteiger partial charge < -0.3 is 34.0 Å². The van der Waals surface area contributed by atoms with Crippen LogP contribution in [0, 0.1) is 13.0 Å². The van der Waals surface area contributed by atoms with Gasteiger partial charge in [0.1, 0.15) is 0 Å². The van der Waals surface area contributed by atoms with Crippen LogP contribution in [0.2, 0.25) is 0 Å². The molecule has 0 amide bonds. The van der Waals surface area contributed by atoms with Crippen molar-refractivity contribution in [2.45, 2.75) is 6.92 Å². The Morgan fingerprint density at radius 1 is 1.09 bits per heavy atom. The van der Waals surface area contributed by atoms with E-state index in [4.69, 9.17) is 0 Å². The first-order valence-corrected chi connectivity index (χ1v) is 2.32. The molecule has 0 spiro atoms.